The molecule has 3 aromatic rings. The number of benzene rings is 2. The van der Waals surface area contributed by atoms with Crippen molar-refractivity contribution in [2.24, 2.45) is 17.3 Å². The molecule has 2 saturated carbocycles. The summed E-state index contributed by atoms with van der Waals surface area (Å²) in [4.78, 5) is 0. The minimum atomic E-state index is -0.252. The Kier molecular flexibility index (Phi) is 3.19. The van der Waals surface area contributed by atoms with Gasteiger partial charge >= 0.3 is 0 Å². The summed E-state index contributed by atoms with van der Waals surface area (Å²) < 4.78 is 19.6. The third kappa shape index (κ3) is 2.09. The minimum Gasteiger partial charge on any atom is -0.456 e. The number of fused-ring (bicyclic) bond motifs is 8. The molecule has 2 aromatic carbocycles. The van der Waals surface area contributed by atoms with Crippen molar-refractivity contribution in [2.45, 2.75) is 57.5 Å². The smallest absolute Gasteiger partial charge is 0.138 e. The van der Waals surface area contributed by atoms with E-state index in [0.717, 1.165) is 42.0 Å². The number of halogens is 1. The van der Waals surface area contributed by atoms with Crippen LogP contribution in [0, 0.1) is 23.1 Å². The van der Waals surface area contributed by atoms with E-state index in [2.05, 4.69) is 19.1 Å². The topological polar surface area (TPSA) is 33.4 Å². The minimum absolute atomic E-state index is 0.114. The lowest BCUT2D eigenvalue weighted by Crippen LogP contribution is -2.43. The van der Waals surface area contributed by atoms with Crippen LogP contribution in [-0.4, -0.2) is 11.2 Å². The zero-order chi connectivity index (χ0) is 18.3. The highest BCUT2D eigenvalue weighted by Gasteiger charge is 2.54. The van der Waals surface area contributed by atoms with E-state index < -0.39 is 0 Å². The summed E-state index contributed by atoms with van der Waals surface area (Å²) >= 11 is 0. The molecule has 5 atom stereocenters. The molecule has 3 aliphatic carbocycles. The highest BCUT2D eigenvalue weighted by atomic mass is 19.1. The largest absolute Gasteiger partial charge is 0.456 e. The van der Waals surface area contributed by atoms with Gasteiger partial charge in [0.15, 0.2) is 0 Å². The van der Waals surface area contributed by atoms with Crippen molar-refractivity contribution in [2.75, 3.05) is 0 Å². The van der Waals surface area contributed by atoms with Crippen LogP contribution >= 0.6 is 0 Å². The van der Waals surface area contributed by atoms with Gasteiger partial charge in [0, 0.05) is 16.8 Å². The van der Waals surface area contributed by atoms with Crippen LogP contribution in [0.5, 0.6) is 0 Å². The maximum Gasteiger partial charge on any atom is 0.138 e. The highest BCUT2D eigenvalue weighted by molar-refractivity contribution is 6.05. The molecule has 0 aliphatic heterocycles. The van der Waals surface area contributed by atoms with Crippen LogP contribution in [0.1, 0.15) is 56.1 Å². The van der Waals surface area contributed by atoms with Crippen LogP contribution in [0.3, 0.4) is 0 Å². The normalized spacial score (nSPS) is 35.2. The van der Waals surface area contributed by atoms with E-state index in [9.17, 15) is 9.50 Å². The molecule has 140 valence electrons. The van der Waals surface area contributed by atoms with Crippen LogP contribution in [0.15, 0.2) is 34.7 Å². The maximum absolute atomic E-state index is 13.6. The van der Waals surface area contributed by atoms with Gasteiger partial charge in [0.1, 0.15) is 17.0 Å². The standard InChI is InChI=1S/C24H25FO2/c1-24-9-8-15-16(20(24)6-7-23(24)26)4-2-13-10-21-19(12-18(13)15)17-5-3-14(25)11-22(17)27-21/h3,5,10-12,15-16,20,23,26H,2,4,6-9H2,1H3/t15-,16+,20-,23?,24?/m0/s1. The summed E-state index contributed by atoms with van der Waals surface area (Å²) in [5.74, 6) is 1.66. The van der Waals surface area contributed by atoms with E-state index in [4.69, 9.17) is 4.42 Å². The number of aryl methyl sites for hydroxylation is 1. The van der Waals surface area contributed by atoms with Crippen LogP contribution < -0.4 is 0 Å². The Morgan fingerprint density at radius 3 is 2.78 bits per heavy atom. The second kappa shape index (κ2) is 5.35. The Bertz CT molecular complexity index is 1070. The zero-order valence-corrected chi connectivity index (χ0v) is 15.7. The fourth-order valence-electron chi connectivity index (χ4n) is 6.79. The number of rotatable bonds is 0. The van der Waals surface area contributed by atoms with Crippen LogP contribution in [0.25, 0.3) is 21.9 Å². The second-order valence-corrected chi connectivity index (χ2v) is 9.34. The average Bonchev–Trinajstić information content (AvgIpc) is 3.16. The van der Waals surface area contributed by atoms with E-state index in [1.807, 2.05) is 6.07 Å². The molecule has 6 rings (SSSR count). The molecule has 2 unspecified atom stereocenters. The molecule has 0 bridgehead atoms. The number of aliphatic hydroxyl groups is 1. The maximum atomic E-state index is 13.6. The first kappa shape index (κ1) is 16.1. The third-order valence-corrected chi connectivity index (χ3v) is 8.23. The van der Waals surface area contributed by atoms with Crippen molar-refractivity contribution in [3.05, 3.63) is 47.3 Å². The van der Waals surface area contributed by atoms with Crippen LogP contribution in [0.2, 0.25) is 0 Å². The molecule has 27 heavy (non-hydrogen) atoms. The van der Waals surface area contributed by atoms with E-state index >= 15 is 0 Å². The Hall–Kier alpha value is -1.87. The van der Waals surface area contributed by atoms with E-state index in [-0.39, 0.29) is 17.3 Å². The summed E-state index contributed by atoms with van der Waals surface area (Å²) in [6.07, 6.45) is 6.59. The number of hydrogen-bond donors (Lipinski definition) is 1. The van der Waals surface area contributed by atoms with Gasteiger partial charge in [-0.25, -0.2) is 4.39 Å². The van der Waals surface area contributed by atoms with E-state index in [1.165, 1.54) is 36.1 Å². The Labute approximate surface area is 158 Å². The first-order valence-corrected chi connectivity index (χ1v) is 10.4. The van der Waals surface area contributed by atoms with Crippen molar-refractivity contribution in [1.29, 1.82) is 0 Å². The van der Waals surface area contributed by atoms with Crippen molar-refractivity contribution in [3.8, 4) is 0 Å². The van der Waals surface area contributed by atoms with Gasteiger partial charge in [-0.05, 0) is 97.1 Å². The lowest BCUT2D eigenvalue weighted by Gasteiger charge is -2.50. The van der Waals surface area contributed by atoms with Gasteiger partial charge in [-0.1, -0.05) is 6.92 Å². The molecule has 1 aromatic heterocycles. The summed E-state index contributed by atoms with van der Waals surface area (Å²) in [7, 11) is 0. The van der Waals surface area contributed by atoms with Crippen molar-refractivity contribution >= 4 is 21.9 Å². The van der Waals surface area contributed by atoms with Crippen LogP contribution in [0.4, 0.5) is 4.39 Å². The first-order chi connectivity index (χ1) is 13.0. The second-order valence-electron chi connectivity index (χ2n) is 9.34. The van der Waals surface area contributed by atoms with Gasteiger partial charge in [-0.2, -0.15) is 0 Å². The molecule has 0 radical (unpaired) electrons. The lowest BCUT2D eigenvalue weighted by molar-refractivity contribution is -0.0225. The van der Waals surface area contributed by atoms with E-state index in [1.54, 1.807) is 0 Å². The fraction of sp³-hybridized carbons (Fsp3) is 0.500. The third-order valence-electron chi connectivity index (χ3n) is 8.23. The van der Waals surface area contributed by atoms with Gasteiger partial charge in [0.05, 0.1) is 6.10 Å². The Balaban J connectivity index is 1.49. The Morgan fingerprint density at radius 2 is 1.89 bits per heavy atom. The highest BCUT2D eigenvalue weighted by Crippen LogP contribution is 2.61. The molecule has 0 spiro atoms. The van der Waals surface area contributed by atoms with E-state index in [0.29, 0.717) is 23.3 Å². The first-order valence-electron chi connectivity index (χ1n) is 10.4. The van der Waals surface area contributed by atoms with Crippen molar-refractivity contribution < 1.29 is 13.9 Å². The predicted octanol–water partition coefficient (Wildman–Crippen LogP) is 5.94. The molecule has 0 amide bonds. The lowest BCUT2D eigenvalue weighted by atomic mass is 9.55. The SMILES string of the molecule is CC12CC[C@@H]3c4cc5c(cc4CC[C@H]3[C@@H]1CCC2O)oc1cc(F)ccc15. The Morgan fingerprint density at radius 1 is 1.04 bits per heavy atom. The molecule has 3 heteroatoms. The molecule has 2 fully saturated rings. The number of aliphatic hydroxyl groups excluding tert-OH is 1. The molecule has 1 N–H and O–H groups in total. The quantitative estimate of drug-likeness (QED) is 0.535. The van der Waals surface area contributed by atoms with Gasteiger partial charge < -0.3 is 9.52 Å². The monoisotopic (exact) mass is 364 g/mol. The van der Waals surface area contributed by atoms with Gasteiger partial charge in [-0.15, -0.1) is 0 Å². The van der Waals surface area contributed by atoms with Crippen LogP contribution in [-0.2, 0) is 6.42 Å². The summed E-state index contributed by atoms with van der Waals surface area (Å²) in [5, 5.41) is 12.7. The molecule has 2 nitrogen and oxygen atoms in total. The molecular weight excluding hydrogens is 339 g/mol. The van der Waals surface area contributed by atoms with Crippen molar-refractivity contribution in [3.63, 3.8) is 0 Å². The fourth-order valence-corrected chi connectivity index (χ4v) is 6.79. The predicted molar refractivity (Wildman–Crippen MR) is 104 cm³/mol. The zero-order valence-electron chi connectivity index (χ0n) is 15.7. The molecule has 0 saturated heterocycles. The summed E-state index contributed by atoms with van der Waals surface area (Å²) in [5.41, 5.74) is 4.52. The van der Waals surface area contributed by atoms with Crippen molar-refractivity contribution in [1.82, 2.24) is 0 Å². The number of furan rings is 1. The summed E-state index contributed by atoms with van der Waals surface area (Å²) in [6, 6.07) is 9.39. The molecule has 3 aliphatic rings. The number of hydrogen-bond acceptors (Lipinski definition) is 2. The molecular formula is C24H25FO2. The summed E-state index contributed by atoms with van der Waals surface area (Å²) in [6.45, 7) is 2.32. The van der Waals surface area contributed by atoms with Gasteiger partial charge in [-0.3, -0.25) is 0 Å². The molecule has 1 heterocycles. The average molecular weight is 364 g/mol. The van der Waals surface area contributed by atoms with Gasteiger partial charge in [0.25, 0.3) is 0 Å². The van der Waals surface area contributed by atoms with Gasteiger partial charge in [0.2, 0.25) is 0 Å².